The number of fused-ring (bicyclic) bond motifs is 1. The molecule has 2 aromatic rings. The minimum absolute atomic E-state index is 0.279. The number of nitrogens with zero attached hydrogens (tertiary/aromatic N) is 2. The molecule has 0 fully saturated rings. The first kappa shape index (κ1) is 16.5. The molecule has 0 saturated heterocycles. The van der Waals surface area contributed by atoms with Crippen LogP contribution in [0.2, 0.25) is 0 Å². The maximum absolute atomic E-state index is 11.9. The number of hydrogen-bond acceptors (Lipinski definition) is 6. The highest BCUT2D eigenvalue weighted by molar-refractivity contribution is 7.15. The van der Waals surface area contributed by atoms with E-state index in [1.165, 1.54) is 11.3 Å². The van der Waals surface area contributed by atoms with Crippen molar-refractivity contribution in [1.29, 1.82) is 0 Å². The van der Waals surface area contributed by atoms with Crippen LogP contribution in [-0.2, 0) is 6.42 Å². The van der Waals surface area contributed by atoms with E-state index in [0.29, 0.717) is 37.2 Å². The van der Waals surface area contributed by atoms with Crippen LogP contribution in [0.5, 0.6) is 11.5 Å². The lowest BCUT2D eigenvalue weighted by molar-refractivity contribution is 0.171. The molecule has 3 rings (SSSR count). The smallest absolute Gasteiger partial charge is 0.321 e. The Morgan fingerprint density at radius 1 is 1.25 bits per heavy atom. The van der Waals surface area contributed by atoms with Gasteiger partial charge in [-0.2, -0.15) is 0 Å². The standard InChI is InChI=1S/C16H20N4O3S/c1-10(2)14-19-20-16(24-14)18-15(21)17-6-5-11-3-4-12-13(9-11)23-8-7-22-12/h3-4,9-10H,5-8H2,1-2H3,(H2,17,18,20,21). The number of carbonyl (C=O) groups is 1. The van der Waals surface area contributed by atoms with Crippen LogP contribution in [0.1, 0.15) is 30.3 Å². The zero-order valence-corrected chi connectivity index (χ0v) is 14.5. The molecule has 8 heteroatoms. The fourth-order valence-electron chi connectivity index (χ4n) is 2.22. The molecule has 2 N–H and O–H groups in total. The number of nitrogens with one attached hydrogen (secondary N) is 2. The predicted octanol–water partition coefficient (Wildman–Crippen LogP) is 2.80. The van der Waals surface area contributed by atoms with Crippen molar-refractivity contribution in [2.24, 2.45) is 0 Å². The number of anilines is 1. The fraction of sp³-hybridized carbons (Fsp3) is 0.438. The van der Waals surface area contributed by atoms with E-state index in [0.717, 1.165) is 22.1 Å². The van der Waals surface area contributed by atoms with Gasteiger partial charge in [0.2, 0.25) is 5.13 Å². The van der Waals surface area contributed by atoms with Crippen LogP contribution in [0.4, 0.5) is 9.93 Å². The van der Waals surface area contributed by atoms with E-state index in [9.17, 15) is 4.79 Å². The molecule has 0 spiro atoms. The Morgan fingerprint density at radius 2 is 2.04 bits per heavy atom. The van der Waals surface area contributed by atoms with Gasteiger partial charge in [0.25, 0.3) is 0 Å². The summed E-state index contributed by atoms with van der Waals surface area (Å²) in [4.78, 5) is 11.9. The second-order valence-electron chi connectivity index (χ2n) is 5.71. The zero-order chi connectivity index (χ0) is 16.9. The first-order chi connectivity index (χ1) is 11.6. The molecule has 0 saturated carbocycles. The maximum atomic E-state index is 11.9. The summed E-state index contributed by atoms with van der Waals surface area (Å²) in [6, 6.07) is 5.55. The lowest BCUT2D eigenvalue weighted by Gasteiger charge is -2.18. The number of carbonyl (C=O) groups excluding carboxylic acids is 1. The average Bonchev–Trinajstić information content (AvgIpc) is 3.03. The number of aromatic nitrogens is 2. The molecule has 2 amide bonds. The predicted molar refractivity (Wildman–Crippen MR) is 92.2 cm³/mol. The van der Waals surface area contributed by atoms with Crippen LogP contribution in [-0.4, -0.2) is 36.0 Å². The lowest BCUT2D eigenvalue weighted by atomic mass is 10.1. The number of urea groups is 1. The summed E-state index contributed by atoms with van der Waals surface area (Å²) in [5.74, 6) is 1.84. The van der Waals surface area contributed by atoms with E-state index in [1.807, 2.05) is 32.0 Å². The van der Waals surface area contributed by atoms with Gasteiger partial charge in [-0.1, -0.05) is 31.3 Å². The van der Waals surface area contributed by atoms with Crippen molar-refractivity contribution in [3.63, 3.8) is 0 Å². The molecule has 0 aliphatic carbocycles. The summed E-state index contributed by atoms with van der Waals surface area (Å²) in [6.45, 7) is 5.74. The highest BCUT2D eigenvalue weighted by atomic mass is 32.1. The van der Waals surface area contributed by atoms with E-state index >= 15 is 0 Å². The van der Waals surface area contributed by atoms with E-state index in [-0.39, 0.29) is 6.03 Å². The molecule has 2 heterocycles. The van der Waals surface area contributed by atoms with Gasteiger partial charge in [-0.15, -0.1) is 10.2 Å². The number of benzene rings is 1. The molecule has 1 aliphatic heterocycles. The zero-order valence-electron chi connectivity index (χ0n) is 13.7. The van der Waals surface area contributed by atoms with Crippen LogP contribution >= 0.6 is 11.3 Å². The van der Waals surface area contributed by atoms with E-state index in [4.69, 9.17) is 9.47 Å². The SMILES string of the molecule is CC(C)c1nnc(NC(=O)NCCc2ccc3c(c2)OCCO3)s1. The molecule has 128 valence electrons. The van der Waals surface area contributed by atoms with Gasteiger partial charge in [-0.05, 0) is 24.1 Å². The van der Waals surface area contributed by atoms with Gasteiger partial charge in [-0.25, -0.2) is 4.79 Å². The Labute approximate surface area is 144 Å². The monoisotopic (exact) mass is 348 g/mol. The Kier molecular flexibility index (Phi) is 5.14. The van der Waals surface area contributed by atoms with Crippen molar-refractivity contribution in [1.82, 2.24) is 15.5 Å². The molecule has 0 atom stereocenters. The summed E-state index contributed by atoms with van der Waals surface area (Å²) >= 11 is 1.39. The third kappa shape index (κ3) is 4.14. The summed E-state index contributed by atoms with van der Waals surface area (Å²) in [7, 11) is 0. The lowest BCUT2D eigenvalue weighted by Crippen LogP contribution is -2.30. The Morgan fingerprint density at radius 3 is 2.79 bits per heavy atom. The second kappa shape index (κ2) is 7.48. The van der Waals surface area contributed by atoms with Gasteiger partial charge in [-0.3, -0.25) is 5.32 Å². The van der Waals surface area contributed by atoms with Crippen molar-refractivity contribution in [2.45, 2.75) is 26.2 Å². The fourth-order valence-corrected chi connectivity index (χ4v) is 2.96. The highest BCUT2D eigenvalue weighted by Crippen LogP contribution is 2.30. The Bertz CT molecular complexity index is 717. The highest BCUT2D eigenvalue weighted by Gasteiger charge is 2.12. The molecule has 0 bridgehead atoms. The third-order valence-corrected chi connectivity index (χ3v) is 4.60. The minimum Gasteiger partial charge on any atom is -0.486 e. The maximum Gasteiger partial charge on any atom is 0.321 e. The van der Waals surface area contributed by atoms with Crippen LogP contribution in [0.25, 0.3) is 0 Å². The first-order valence-corrected chi connectivity index (χ1v) is 8.70. The molecule has 24 heavy (non-hydrogen) atoms. The van der Waals surface area contributed by atoms with Gasteiger partial charge >= 0.3 is 6.03 Å². The van der Waals surface area contributed by atoms with Gasteiger partial charge < -0.3 is 14.8 Å². The Balaban J connectivity index is 1.46. The van der Waals surface area contributed by atoms with Crippen molar-refractivity contribution in [2.75, 3.05) is 25.1 Å². The number of hydrogen-bond donors (Lipinski definition) is 2. The normalized spacial score (nSPS) is 13.0. The van der Waals surface area contributed by atoms with Crippen molar-refractivity contribution in [3.05, 3.63) is 28.8 Å². The Hall–Kier alpha value is -2.35. The number of ether oxygens (including phenoxy) is 2. The molecular formula is C16H20N4O3S. The second-order valence-corrected chi connectivity index (χ2v) is 6.72. The molecule has 1 aliphatic rings. The van der Waals surface area contributed by atoms with Gasteiger partial charge in [0.15, 0.2) is 11.5 Å². The van der Waals surface area contributed by atoms with Crippen molar-refractivity contribution in [3.8, 4) is 11.5 Å². The topological polar surface area (TPSA) is 85.4 Å². The van der Waals surface area contributed by atoms with E-state index < -0.39 is 0 Å². The van der Waals surface area contributed by atoms with Crippen LogP contribution in [0.15, 0.2) is 18.2 Å². The largest absolute Gasteiger partial charge is 0.486 e. The average molecular weight is 348 g/mol. The third-order valence-electron chi connectivity index (χ3n) is 3.46. The van der Waals surface area contributed by atoms with Crippen LogP contribution in [0.3, 0.4) is 0 Å². The van der Waals surface area contributed by atoms with E-state index in [1.54, 1.807) is 0 Å². The van der Waals surface area contributed by atoms with E-state index in [2.05, 4.69) is 20.8 Å². The van der Waals surface area contributed by atoms with Gasteiger partial charge in [0.05, 0.1) is 0 Å². The summed E-state index contributed by atoms with van der Waals surface area (Å²) in [5.41, 5.74) is 1.08. The molecule has 1 aromatic heterocycles. The summed E-state index contributed by atoms with van der Waals surface area (Å²) in [5, 5.41) is 14.9. The molecular weight excluding hydrogens is 328 g/mol. The molecule has 7 nitrogen and oxygen atoms in total. The van der Waals surface area contributed by atoms with Gasteiger partial charge in [0.1, 0.15) is 18.2 Å². The summed E-state index contributed by atoms with van der Waals surface area (Å²) in [6.07, 6.45) is 0.706. The quantitative estimate of drug-likeness (QED) is 0.868. The van der Waals surface area contributed by atoms with Crippen molar-refractivity contribution >= 4 is 22.5 Å². The minimum atomic E-state index is -0.279. The van der Waals surface area contributed by atoms with Crippen LogP contribution in [0, 0.1) is 0 Å². The summed E-state index contributed by atoms with van der Waals surface area (Å²) < 4.78 is 11.0. The van der Waals surface area contributed by atoms with Crippen molar-refractivity contribution < 1.29 is 14.3 Å². The molecule has 1 aromatic carbocycles. The first-order valence-electron chi connectivity index (χ1n) is 7.88. The molecule has 0 radical (unpaired) electrons. The number of rotatable bonds is 5. The van der Waals surface area contributed by atoms with Crippen LogP contribution < -0.4 is 20.1 Å². The molecule has 0 unspecified atom stereocenters. The van der Waals surface area contributed by atoms with Gasteiger partial charge in [0, 0.05) is 12.5 Å². The number of amides is 2.